The van der Waals surface area contributed by atoms with Crippen LogP contribution >= 0.6 is 11.6 Å². The summed E-state index contributed by atoms with van der Waals surface area (Å²) in [7, 11) is -2.65. The van der Waals surface area contributed by atoms with Gasteiger partial charge < -0.3 is 8.92 Å². The van der Waals surface area contributed by atoms with E-state index in [-0.39, 0.29) is 21.4 Å². The highest BCUT2D eigenvalue weighted by Crippen LogP contribution is 2.31. The third-order valence-corrected chi connectivity index (χ3v) is 4.51. The predicted molar refractivity (Wildman–Crippen MR) is 83.7 cm³/mol. The van der Waals surface area contributed by atoms with Crippen molar-refractivity contribution in [1.82, 2.24) is 0 Å². The fourth-order valence-corrected chi connectivity index (χ4v) is 3.14. The summed E-state index contributed by atoms with van der Waals surface area (Å²) in [6.07, 6.45) is 0. The number of nitro benzene ring substituents is 1. The van der Waals surface area contributed by atoms with Gasteiger partial charge in [0.05, 0.1) is 17.1 Å². The van der Waals surface area contributed by atoms with Crippen LogP contribution in [0.25, 0.3) is 0 Å². The number of nitrogens with zero attached hydrogens (tertiary/aromatic N) is 1. The van der Waals surface area contributed by atoms with Gasteiger partial charge in [0.25, 0.3) is 5.69 Å². The Morgan fingerprint density at radius 2 is 1.78 bits per heavy atom. The average Bonchev–Trinajstić information content (AvgIpc) is 2.48. The normalized spacial score (nSPS) is 11.1. The molecule has 122 valence electrons. The minimum Gasteiger partial charge on any atom is -0.496 e. The Balaban J connectivity index is 2.35. The molecule has 0 unspecified atom stereocenters. The quantitative estimate of drug-likeness (QED) is 0.462. The largest absolute Gasteiger partial charge is 0.496 e. The summed E-state index contributed by atoms with van der Waals surface area (Å²) in [6, 6.07) is 7.49. The van der Waals surface area contributed by atoms with Crippen LogP contribution in [0.15, 0.2) is 41.3 Å². The number of methoxy groups -OCH3 is 1. The second-order valence-electron chi connectivity index (χ2n) is 4.54. The first kappa shape index (κ1) is 17.0. The molecule has 0 aliphatic carbocycles. The number of halogens is 1. The molecule has 0 aliphatic heterocycles. The molecule has 0 aliphatic rings. The average molecular weight is 358 g/mol. The van der Waals surface area contributed by atoms with Crippen molar-refractivity contribution in [3.8, 4) is 11.5 Å². The fraction of sp³-hybridized carbons (Fsp3) is 0.143. The minimum absolute atomic E-state index is 0.0785. The lowest BCUT2D eigenvalue weighted by molar-refractivity contribution is -0.384. The van der Waals surface area contributed by atoms with E-state index in [1.165, 1.54) is 25.3 Å². The molecule has 0 spiro atoms. The Hall–Kier alpha value is -2.32. The summed E-state index contributed by atoms with van der Waals surface area (Å²) in [5.41, 5.74) is 0.354. The van der Waals surface area contributed by atoms with E-state index in [0.717, 1.165) is 18.2 Å². The number of non-ortho nitro benzene ring substituents is 1. The molecular formula is C14H12ClNO6S. The van der Waals surface area contributed by atoms with Gasteiger partial charge in [-0.05, 0) is 36.8 Å². The summed E-state index contributed by atoms with van der Waals surface area (Å²) < 4.78 is 34.6. The number of nitro groups is 1. The Morgan fingerprint density at radius 3 is 2.30 bits per heavy atom. The summed E-state index contributed by atoms with van der Waals surface area (Å²) >= 11 is 5.83. The number of ether oxygens (including phenoxy) is 1. The molecule has 0 atom stereocenters. The van der Waals surface area contributed by atoms with E-state index in [1.807, 2.05) is 0 Å². The van der Waals surface area contributed by atoms with Crippen molar-refractivity contribution in [2.75, 3.05) is 7.11 Å². The van der Waals surface area contributed by atoms with Crippen LogP contribution < -0.4 is 8.92 Å². The van der Waals surface area contributed by atoms with E-state index in [0.29, 0.717) is 11.3 Å². The van der Waals surface area contributed by atoms with E-state index in [2.05, 4.69) is 0 Å². The molecule has 0 aromatic heterocycles. The van der Waals surface area contributed by atoms with Crippen molar-refractivity contribution < 1.29 is 22.3 Å². The van der Waals surface area contributed by atoms with Crippen LogP contribution in [0.3, 0.4) is 0 Å². The van der Waals surface area contributed by atoms with Gasteiger partial charge >= 0.3 is 10.1 Å². The predicted octanol–water partition coefficient (Wildman–Crippen LogP) is 3.33. The number of rotatable bonds is 5. The zero-order valence-electron chi connectivity index (χ0n) is 12.1. The highest BCUT2D eigenvalue weighted by Gasteiger charge is 2.20. The molecule has 0 fully saturated rings. The first-order valence-electron chi connectivity index (χ1n) is 6.27. The van der Waals surface area contributed by atoms with E-state index >= 15 is 0 Å². The van der Waals surface area contributed by atoms with Crippen molar-refractivity contribution in [2.24, 2.45) is 0 Å². The second-order valence-corrected chi connectivity index (χ2v) is 6.49. The Kier molecular flexibility index (Phi) is 4.76. The van der Waals surface area contributed by atoms with Crippen LogP contribution in [0.4, 0.5) is 5.69 Å². The highest BCUT2D eigenvalue weighted by molar-refractivity contribution is 7.87. The molecule has 0 saturated heterocycles. The number of benzene rings is 2. The summed E-state index contributed by atoms with van der Waals surface area (Å²) in [5.74, 6) is 0.350. The minimum atomic E-state index is -4.13. The molecule has 2 aromatic carbocycles. The van der Waals surface area contributed by atoms with Gasteiger partial charge in [0.1, 0.15) is 10.6 Å². The molecule has 0 saturated carbocycles. The van der Waals surface area contributed by atoms with Crippen molar-refractivity contribution >= 4 is 27.4 Å². The first-order chi connectivity index (χ1) is 10.7. The van der Waals surface area contributed by atoms with Gasteiger partial charge in [0, 0.05) is 12.1 Å². The van der Waals surface area contributed by atoms with Crippen molar-refractivity contribution in [3.05, 3.63) is 57.1 Å². The van der Waals surface area contributed by atoms with Gasteiger partial charge in [0.2, 0.25) is 0 Å². The Bertz CT molecular complexity index is 866. The topological polar surface area (TPSA) is 95.7 Å². The lowest BCUT2D eigenvalue weighted by atomic mass is 10.2. The molecule has 0 radical (unpaired) electrons. The van der Waals surface area contributed by atoms with Crippen LogP contribution in [0, 0.1) is 17.0 Å². The van der Waals surface area contributed by atoms with Crippen LogP contribution in [0.2, 0.25) is 5.02 Å². The maximum Gasteiger partial charge on any atom is 0.339 e. The van der Waals surface area contributed by atoms with Crippen molar-refractivity contribution in [2.45, 2.75) is 11.8 Å². The van der Waals surface area contributed by atoms with Gasteiger partial charge in [-0.1, -0.05) is 11.6 Å². The van der Waals surface area contributed by atoms with E-state index < -0.39 is 15.0 Å². The summed E-state index contributed by atoms with van der Waals surface area (Å²) in [6.45, 7) is 1.69. The fourth-order valence-electron chi connectivity index (χ4n) is 1.84. The zero-order chi connectivity index (χ0) is 17.2. The smallest absolute Gasteiger partial charge is 0.339 e. The molecule has 2 aromatic rings. The summed E-state index contributed by atoms with van der Waals surface area (Å²) in [4.78, 5) is 9.92. The lowest BCUT2D eigenvalue weighted by Gasteiger charge is -2.10. The number of hydrogen-bond acceptors (Lipinski definition) is 6. The highest BCUT2D eigenvalue weighted by atomic mass is 35.5. The van der Waals surface area contributed by atoms with E-state index in [4.69, 9.17) is 20.5 Å². The molecule has 0 heterocycles. The molecule has 2 rings (SSSR count). The number of hydrogen-bond donors (Lipinski definition) is 0. The molecule has 0 bridgehead atoms. The van der Waals surface area contributed by atoms with Gasteiger partial charge in [0.15, 0.2) is 5.75 Å². The second kappa shape index (κ2) is 6.43. The molecule has 0 N–H and O–H groups in total. The maximum atomic E-state index is 12.3. The molecule has 9 heteroatoms. The van der Waals surface area contributed by atoms with Gasteiger partial charge in [-0.3, -0.25) is 10.1 Å². The molecule has 23 heavy (non-hydrogen) atoms. The van der Waals surface area contributed by atoms with Gasteiger partial charge in [-0.25, -0.2) is 0 Å². The third-order valence-electron chi connectivity index (χ3n) is 2.98. The van der Waals surface area contributed by atoms with Crippen LogP contribution in [0.5, 0.6) is 11.5 Å². The van der Waals surface area contributed by atoms with Crippen LogP contribution in [-0.2, 0) is 10.1 Å². The molecular weight excluding hydrogens is 346 g/mol. The van der Waals surface area contributed by atoms with E-state index in [1.54, 1.807) is 6.92 Å². The van der Waals surface area contributed by atoms with Crippen LogP contribution in [0.1, 0.15) is 5.56 Å². The maximum absolute atomic E-state index is 12.3. The Labute approximate surface area is 137 Å². The number of aryl methyl sites for hydroxylation is 1. The summed E-state index contributed by atoms with van der Waals surface area (Å²) in [5, 5.41) is 10.5. The van der Waals surface area contributed by atoms with Gasteiger partial charge in [-0.15, -0.1) is 0 Å². The molecule has 7 nitrogen and oxygen atoms in total. The third kappa shape index (κ3) is 3.72. The van der Waals surface area contributed by atoms with Crippen molar-refractivity contribution in [3.63, 3.8) is 0 Å². The Morgan fingerprint density at radius 1 is 1.13 bits per heavy atom. The lowest BCUT2D eigenvalue weighted by Crippen LogP contribution is -2.10. The first-order valence-corrected chi connectivity index (χ1v) is 8.06. The SMILES string of the molecule is COc1ccc(S(=O)(=O)Oc2ccc([N+](=O)[O-])cc2Cl)cc1C. The van der Waals surface area contributed by atoms with Crippen LogP contribution in [-0.4, -0.2) is 20.5 Å². The zero-order valence-corrected chi connectivity index (χ0v) is 13.7. The van der Waals surface area contributed by atoms with E-state index in [9.17, 15) is 18.5 Å². The standard InChI is InChI=1S/C14H12ClNO6S/c1-9-7-11(4-6-13(9)21-2)23(19,20)22-14-5-3-10(16(17)18)8-12(14)15/h3-8H,1-2H3. The monoisotopic (exact) mass is 357 g/mol. The van der Waals surface area contributed by atoms with Crippen molar-refractivity contribution in [1.29, 1.82) is 0 Å². The van der Waals surface area contributed by atoms with Gasteiger partial charge in [-0.2, -0.15) is 8.42 Å². The molecule has 0 amide bonds.